The molecule has 8 heteroatoms. The van der Waals surface area contributed by atoms with Gasteiger partial charge in [0.05, 0.1) is 16.2 Å². The third kappa shape index (κ3) is 4.11. The minimum absolute atomic E-state index is 0.0172. The average Bonchev–Trinajstić information content (AvgIpc) is 2.86. The summed E-state index contributed by atoms with van der Waals surface area (Å²) in [5, 5.41) is 2.72. The number of rotatable bonds is 5. The summed E-state index contributed by atoms with van der Waals surface area (Å²) in [5.74, 6) is -1.28. The zero-order chi connectivity index (χ0) is 19.8. The Morgan fingerprint density at radius 2 is 1.78 bits per heavy atom. The van der Waals surface area contributed by atoms with Crippen molar-refractivity contribution in [2.75, 3.05) is 11.1 Å². The Morgan fingerprint density at radius 3 is 2.44 bits per heavy atom. The van der Waals surface area contributed by atoms with Crippen LogP contribution in [-0.2, 0) is 21.7 Å². The van der Waals surface area contributed by atoms with Crippen LogP contribution in [0.1, 0.15) is 17.5 Å². The monoisotopic (exact) mass is 388 g/mol. The number of aryl methyl sites for hydroxylation is 3. The lowest BCUT2D eigenvalue weighted by Gasteiger charge is -2.08. The summed E-state index contributed by atoms with van der Waals surface area (Å²) in [6, 6.07) is 9.87. The van der Waals surface area contributed by atoms with Gasteiger partial charge in [0.2, 0.25) is 5.91 Å². The van der Waals surface area contributed by atoms with Gasteiger partial charge in [0.15, 0.2) is 15.4 Å². The van der Waals surface area contributed by atoms with E-state index in [4.69, 9.17) is 4.42 Å². The number of amides is 1. The number of carbonyl (C=O) groups is 1. The molecule has 0 aliphatic carbocycles. The fourth-order valence-corrected chi connectivity index (χ4v) is 4.17. The van der Waals surface area contributed by atoms with Crippen molar-refractivity contribution in [2.45, 2.75) is 25.2 Å². The van der Waals surface area contributed by atoms with Gasteiger partial charge in [0, 0.05) is 25.2 Å². The van der Waals surface area contributed by atoms with Crippen molar-refractivity contribution in [1.82, 2.24) is 4.57 Å². The summed E-state index contributed by atoms with van der Waals surface area (Å²) >= 11 is 0. The number of fused-ring (bicyclic) bond motifs is 1. The summed E-state index contributed by atoms with van der Waals surface area (Å²) < 4.78 is 31.4. The third-order valence-electron chi connectivity index (χ3n) is 4.23. The van der Waals surface area contributed by atoms with Crippen LogP contribution in [0.3, 0.4) is 0 Å². The number of anilines is 1. The van der Waals surface area contributed by atoms with Gasteiger partial charge in [0.1, 0.15) is 0 Å². The Kier molecular flexibility index (Phi) is 4.93. The van der Waals surface area contributed by atoms with Crippen LogP contribution in [0.25, 0.3) is 11.1 Å². The third-order valence-corrected chi connectivity index (χ3v) is 5.94. The number of hydrogen-bond acceptors (Lipinski definition) is 5. The molecule has 0 radical (unpaired) electrons. The van der Waals surface area contributed by atoms with Gasteiger partial charge in [-0.2, -0.15) is 0 Å². The number of benzene rings is 2. The molecule has 0 atom stereocenters. The maximum Gasteiger partial charge on any atom is 0.419 e. The van der Waals surface area contributed by atoms with Crippen LogP contribution >= 0.6 is 0 Å². The second-order valence-corrected chi connectivity index (χ2v) is 8.66. The summed E-state index contributed by atoms with van der Waals surface area (Å²) in [5.41, 5.74) is 3.36. The number of hydrogen-bond donors (Lipinski definition) is 1. The van der Waals surface area contributed by atoms with Crippen LogP contribution in [0.4, 0.5) is 5.69 Å². The van der Waals surface area contributed by atoms with E-state index in [0.717, 1.165) is 11.1 Å². The lowest BCUT2D eigenvalue weighted by Crippen LogP contribution is -2.17. The van der Waals surface area contributed by atoms with Crippen LogP contribution in [0.2, 0.25) is 0 Å². The molecule has 1 N–H and O–H groups in total. The van der Waals surface area contributed by atoms with Crippen LogP contribution in [0.5, 0.6) is 0 Å². The first kappa shape index (κ1) is 18.9. The van der Waals surface area contributed by atoms with E-state index in [-0.39, 0.29) is 28.6 Å². The molecule has 27 heavy (non-hydrogen) atoms. The molecule has 0 aliphatic rings. The second-order valence-electron chi connectivity index (χ2n) is 6.55. The maximum atomic E-state index is 12.5. The minimum atomic E-state index is -3.69. The number of aromatic nitrogens is 1. The molecular weight excluding hydrogens is 368 g/mol. The van der Waals surface area contributed by atoms with Gasteiger partial charge in [-0.15, -0.1) is 0 Å². The molecule has 0 saturated carbocycles. The van der Waals surface area contributed by atoms with Gasteiger partial charge < -0.3 is 9.73 Å². The maximum absolute atomic E-state index is 12.5. The highest BCUT2D eigenvalue weighted by atomic mass is 32.2. The standard InChI is InChI=1S/C19H20N2O5S/c1-12-8-13(2)10-14(9-12)20-18(22)6-7-27(24,25)15-4-5-16-17(11-15)26-19(23)21(16)3/h4-5,8-11H,6-7H2,1-3H3,(H,20,22). The van der Waals surface area contributed by atoms with Crippen LogP contribution in [0.15, 0.2) is 50.5 Å². The van der Waals surface area contributed by atoms with Crippen molar-refractivity contribution in [1.29, 1.82) is 0 Å². The Hall–Kier alpha value is -2.87. The van der Waals surface area contributed by atoms with E-state index in [9.17, 15) is 18.0 Å². The van der Waals surface area contributed by atoms with E-state index in [2.05, 4.69) is 5.32 Å². The largest absolute Gasteiger partial charge is 0.419 e. The second kappa shape index (κ2) is 7.03. The number of sulfone groups is 1. The normalized spacial score (nSPS) is 11.7. The number of nitrogens with one attached hydrogen (secondary N) is 1. The fraction of sp³-hybridized carbons (Fsp3) is 0.263. The lowest BCUT2D eigenvalue weighted by molar-refractivity contribution is -0.115. The number of nitrogens with zero attached hydrogens (tertiary/aromatic N) is 1. The zero-order valence-corrected chi connectivity index (χ0v) is 16.1. The van der Waals surface area contributed by atoms with Crippen molar-refractivity contribution in [3.63, 3.8) is 0 Å². The van der Waals surface area contributed by atoms with E-state index in [1.165, 1.54) is 22.8 Å². The molecule has 7 nitrogen and oxygen atoms in total. The van der Waals surface area contributed by atoms with Crippen LogP contribution in [-0.4, -0.2) is 24.6 Å². The van der Waals surface area contributed by atoms with Crippen LogP contribution < -0.4 is 11.1 Å². The predicted octanol–water partition coefficient (Wildman–Crippen LogP) is 2.55. The first-order valence-electron chi connectivity index (χ1n) is 8.36. The summed E-state index contributed by atoms with van der Waals surface area (Å²) in [6.07, 6.45) is -0.175. The lowest BCUT2D eigenvalue weighted by atomic mass is 10.1. The molecule has 0 unspecified atom stereocenters. The molecule has 0 aliphatic heterocycles. The molecule has 2 aromatic carbocycles. The van der Waals surface area contributed by atoms with Crippen molar-refractivity contribution in [2.24, 2.45) is 7.05 Å². The summed E-state index contributed by atoms with van der Waals surface area (Å²) in [7, 11) is -2.15. The molecule has 0 saturated heterocycles. The van der Waals surface area contributed by atoms with Gasteiger partial charge in [-0.25, -0.2) is 13.2 Å². The summed E-state index contributed by atoms with van der Waals surface area (Å²) in [6.45, 7) is 3.84. The smallest absolute Gasteiger partial charge is 0.408 e. The van der Waals surface area contributed by atoms with E-state index < -0.39 is 15.6 Å². The van der Waals surface area contributed by atoms with E-state index in [1.807, 2.05) is 32.0 Å². The molecule has 142 valence electrons. The Bertz CT molecular complexity index is 1170. The predicted molar refractivity (Wildman–Crippen MR) is 103 cm³/mol. The SMILES string of the molecule is Cc1cc(C)cc(NC(=O)CCS(=O)(=O)c2ccc3c(c2)oc(=O)n3C)c1. The Morgan fingerprint density at radius 1 is 1.11 bits per heavy atom. The molecule has 3 aromatic rings. The van der Waals surface area contributed by atoms with E-state index in [0.29, 0.717) is 11.2 Å². The van der Waals surface area contributed by atoms with Crippen molar-refractivity contribution in [3.8, 4) is 0 Å². The fourth-order valence-electron chi connectivity index (χ4n) is 2.92. The molecule has 1 aromatic heterocycles. The average molecular weight is 388 g/mol. The molecule has 3 rings (SSSR count). The molecular formula is C19H20N2O5S. The van der Waals surface area contributed by atoms with Gasteiger partial charge in [-0.1, -0.05) is 6.07 Å². The number of carbonyl (C=O) groups excluding carboxylic acids is 1. The zero-order valence-electron chi connectivity index (χ0n) is 15.3. The van der Waals surface area contributed by atoms with Gasteiger partial charge in [-0.05, 0) is 49.2 Å². The van der Waals surface area contributed by atoms with Crippen molar-refractivity contribution >= 4 is 32.5 Å². The highest BCUT2D eigenvalue weighted by Gasteiger charge is 2.19. The topological polar surface area (TPSA) is 98.4 Å². The first-order chi connectivity index (χ1) is 12.7. The minimum Gasteiger partial charge on any atom is -0.408 e. The van der Waals surface area contributed by atoms with Gasteiger partial charge in [0.25, 0.3) is 0 Å². The first-order valence-corrected chi connectivity index (χ1v) is 10.0. The number of oxazole rings is 1. The Labute approximate surface area is 156 Å². The summed E-state index contributed by atoms with van der Waals surface area (Å²) in [4.78, 5) is 23.7. The quantitative estimate of drug-likeness (QED) is 0.724. The van der Waals surface area contributed by atoms with Crippen LogP contribution in [0, 0.1) is 13.8 Å². The van der Waals surface area contributed by atoms with Crippen molar-refractivity contribution < 1.29 is 17.6 Å². The molecule has 0 bridgehead atoms. The highest BCUT2D eigenvalue weighted by Crippen LogP contribution is 2.20. The van der Waals surface area contributed by atoms with E-state index in [1.54, 1.807) is 7.05 Å². The molecule has 1 amide bonds. The highest BCUT2D eigenvalue weighted by molar-refractivity contribution is 7.91. The van der Waals surface area contributed by atoms with E-state index >= 15 is 0 Å². The Balaban J connectivity index is 1.72. The molecule has 0 spiro atoms. The molecule has 1 heterocycles. The van der Waals surface area contributed by atoms with Crippen molar-refractivity contribution in [3.05, 3.63) is 58.1 Å². The van der Waals surface area contributed by atoms with Gasteiger partial charge in [-0.3, -0.25) is 9.36 Å². The van der Waals surface area contributed by atoms with Gasteiger partial charge >= 0.3 is 5.76 Å². The molecule has 0 fully saturated rings.